The number of ether oxygens (including phenoxy) is 1. The van der Waals surface area contributed by atoms with Crippen molar-refractivity contribution in [2.24, 2.45) is 5.41 Å². The van der Waals surface area contributed by atoms with Gasteiger partial charge in [0.15, 0.2) is 17.7 Å². The highest BCUT2D eigenvalue weighted by Crippen LogP contribution is 2.67. The summed E-state index contributed by atoms with van der Waals surface area (Å²) < 4.78 is 48.1. The molecule has 11 heteroatoms. The zero-order chi connectivity index (χ0) is 23.2. The first-order chi connectivity index (χ1) is 15.7. The lowest BCUT2D eigenvalue weighted by atomic mass is 9.76. The molecule has 2 amide bonds. The van der Waals surface area contributed by atoms with Crippen LogP contribution in [0.1, 0.15) is 45.7 Å². The molecule has 4 aliphatic rings. The lowest BCUT2D eigenvalue weighted by molar-refractivity contribution is -0.196. The minimum atomic E-state index is -1.19. The van der Waals surface area contributed by atoms with Gasteiger partial charge < -0.3 is 24.6 Å². The summed E-state index contributed by atoms with van der Waals surface area (Å²) in [7, 11) is 0. The van der Waals surface area contributed by atoms with Crippen molar-refractivity contribution in [3.63, 3.8) is 0 Å². The van der Waals surface area contributed by atoms with E-state index in [9.17, 15) is 32.7 Å². The number of carbonyl (C=O) groups is 2. The first-order valence-corrected chi connectivity index (χ1v) is 10.6. The number of halogens is 3. The molecule has 1 aromatic carbocycles. The van der Waals surface area contributed by atoms with E-state index in [1.165, 1.54) is 4.57 Å². The highest BCUT2D eigenvalue weighted by atomic mass is 19.1. The van der Waals surface area contributed by atoms with E-state index >= 15 is 0 Å². The van der Waals surface area contributed by atoms with Crippen LogP contribution in [0.3, 0.4) is 0 Å². The van der Waals surface area contributed by atoms with E-state index in [0.717, 1.165) is 25.5 Å². The van der Waals surface area contributed by atoms with Crippen molar-refractivity contribution in [2.45, 2.75) is 50.7 Å². The Morgan fingerprint density at radius 1 is 1.24 bits per heavy atom. The molecule has 172 valence electrons. The minimum absolute atomic E-state index is 0.00499. The van der Waals surface area contributed by atoms with E-state index in [-0.39, 0.29) is 29.8 Å². The second kappa shape index (κ2) is 6.60. The Morgan fingerprint density at radius 2 is 1.97 bits per heavy atom. The number of nitrogens with one attached hydrogen (secondary N) is 1. The van der Waals surface area contributed by atoms with Crippen molar-refractivity contribution < 1.29 is 32.6 Å². The summed E-state index contributed by atoms with van der Waals surface area (Å²) in [5.74, 6) is -5.89. The molecule has 0 radical (unpaired) electrons. The van der Waals surface area contributed by atoms with Crippen molar-refractivity contribution in [3.8, 4) is 5.75 Å². The van der Waals surface area contributed by atoms with E-state index in [1.54, 1.807) is 4.90 Å². The third-order valence-corrected chi connectivity index (χ3v) is 7.38. The number of carbonyl (C=O) groups excluding carboxylic acids is 2. The molecule has 1 aromatic heterocycles. The van der Waals surface area contributed by atoms with Gasteiger partial charge in [-0.25, -0.2) is 13.2 Å². The number of hydrogen-bond donors (Lipinski definition) is 2. The Hall–Kier alpha value is -3.34. The standard InChI is InChI=1S/C22H18F3N3O5/c23-9-3-12(24)10(13(25)4-9)6-26-20(31)11-7-27-8-16-28(21(32)17(27)19(30)18(11)29)14-5-22(14)2-1-15(22)33-16/h3-4,7,14-16,30H,1-2,5-6,8H2,(H,26,31)/t14-,15?,16-,22?/m1/s1. The van der Waals surface area contributed by atoms with Gasteiger partial charge in [0.1, 0.15) is 23.0 Å². The number of aromatic nitrogens is 1. The average Bonchev–Trinajstić information content (AvgIpc) is 3.50. The van der Waals surface area contributed by atoms with Crippen LogP contribution < -0.4 is 10.7 Å². The van der Waals surface area contributed by atoms with Crippen LogP contribution in [0.5, 0.6) is 5.75 Å². The minimum Gasteiger partial charge on any atom is -0.503 e. The van der Waals surface area contributed by atoms with Gasteiger partial charge in [-0.2, -0.15) is 0 Å². The van der Waals surface area contributed by atoms with Crippen molar-refractivity contribution in [3.05, 3.63) is 62.8 Å². The number of benzene rings is 1. The van der Waals surface area contributed by atoms with Gasteiger partial charge in [0.2, 0.25) is 5.43 Å². The molecule has 3 fully saturated rings. The average molecular weight is 461 g/mol. The zero-order valence-corrected chi connectivity index (χ0v) is 17.1. The molecule has 2 unspecified atom stereocenters. The molecule has 3 heterocycles. The highest BCUT2D eigenvalue weighted by molar-refractivity contribution is 5.99. The SMILES string of the molecule is O=C(NCc1c(F)cc(F)cc1F)c1cn2c(c(O)c1=O)C(=O)N1[C@@H](C2)OC2CCC23C[C@@H]13. The maximum Gasteiger partial charge on any atom is 0.276 e. The summed E-state index contributed by atoms with van der Waals surface area (Å²) >= 11 is 0. The molecule has 2 saturated carbocycles. The fraction of sp³-hybridized carbons (Fsp3) is 0.409. The third-order valence-electron chi connectivity index (χ3n) is 7.38. The smallest absolute Gasteiger partial charge is 0.276 e. The van der Waals surface area contributed by atoms with Crippen molar-refractivity contribution in [1.82, 2.24) is 14.8 Å². The summed E-state index contributed by atoms with van der Waals surface area (Å²) in [6.07, 6.45) is 3.37. The van der Waals surface area contributed by atoms with Gasteiger partial charge in [-0.05, 0) is 19.3 Å². The number of nitrogens with zero attached hydrogens (tertiary/aromatic N) is 2. The number of fused-ring (bicyclic) bond motifs is 3. The van der Waals surface area contributed by atoms with Crippen LogP contribution in [-0.2, 0) is 17.8 Å². The number of amides is 2. The van der Waals surface area contributed by atoms with Gasteiger partial charge in [-0.1, -0.05) is 0 Å². The van der Waals surface area contributed by atoms with E-state index in [1.807, 2.05) is 0 Å². The molecule has 4 atom stereocenters. The number of rotatable bonds is 3. The Labute approximate surface area is 184 Å². The van der Waals surface area contributed by atoms with Crippen LogP contribution in [0.4, 0.5) is 13.2 Å². The van der Waals surface area contributed by atoms with Crippen LogP contribution in [0, 0.1) is 22.9 Å². The predicted octanol–water partition coefficient (Wildman–Crippen LogP) is 1.63. The molecule has 2 N–H and O–H groups in total. The molecule has 1 saturated heterocycles. The molecular weight excluding hydrogens is 443 g/mol. The fourth-order valence-electron chi connectivity index (χ4n) is 5.46. The summed E-state index contributed by atoms with van der Waals surface area (Å²) in [4.78, 5) is 40.0. The van der Waals surface area contributed by atoms with E-state index < -0.39 is 64.3 Å². The Kier molecular flexibility index (Phi) is 4.05. The van der Waals surface area contributed by atoms with Gasteiger partial charge in [-0.3, -0.25) is 14.4 Å². The lowest BCUT2D eigenvalue weighted by Crippen LogP contribution is -2.61. The normalized spacial score (nSPS) is 28.8. The first-order valence-electron chi connectivity index (χ1n) is 10.6. The zero-order valence-electron chi connectivity index (χ0n) is 17.1. The Bertz CT molecular complexity index is 1290. The molecule has 8 nitrogen and oxygen atoms in total. The largest absolute Gasteiger partial charge is 0.503 e. The van der Waals surface area contributed by atoms with Gasteiger partial charge in [0.05, 0.1) is 12.6 Å². The summed E-state index contributed by atoms with van der Waals surface area (Å²) in [5, 5.41) is 12.7. The van der Waals surface area contributed by atoms with Gasteiger partial charge >= 0.3 is 0 Å². The number of pyridine rings is 1. The summed E-state index contributed by atoms with van der Waals surface area (Å²) in [5.41, 5.74) is -2.38. The lowest BCUT2D eigenvalue weighted by Gasteiger charge is -2.50. The van der Waals surface area contributed by atoms with Crippen molar-refractivity contribution in [1.29, 1.82) is 0 Å². The van der Waals surface area contributed by atoms with Crippen LogP contribution in [0.2, 0.25) is 0 Å². The van der Waals surface area contributed by atoms with E-state index in [4.69, 9.17) is 4.74 Å². The van der Waals surface area contributed by atoms with Crippen molar-refractivity contribution >= 4 is 11.8 Å². The molecular formula is C22H18F3N3O5. The van der Waals surface area contributed by atoms with Gasteiger partial charge in [0, 0.05) is 41.9 Å². The first kappa shape index (κ1) is 20.3. The summed E-state index contributed by atoms with van der Waals surface area (Å²) in [6.45, 7) is -0.526. The maximum absolute atomic E-state index is 13.8. The quantitative estimate of drug-likeness (QED) is 0.724. The molecule has 0 bridgehead atoms. The van der Waals surface area contributed by atoms with Crippen LogP contribution in [-0.4, -0.2) is 44.8 Å². The maximum atomic E-state index is 13.8. The summed E-state index contributed by atoms with van der Waals surface area (Å²) in [6, 6.07) is 0.972. The molecule has 1 spiro atoms. The molecule has 6 rings (SSSR count). The number of hydrogen-bond acceptors (Lipinski definition) is 5. The topological polar surface area (TPSA) is 101 Å². The molecule has 33 heavy (non-hydrogen) atoms. The second-order valence-electron chi connectivity index (χ2n) is 9.04. The molecule has 2 aliphatic heterocycles. The van der Waals surface area contributed by atoms with Crippen LogP contribution in [0.15, 0.2) is 23.1 Å². The van der Waals surface area contributed by atoms with Crippen LogP contribution >= 0.6 is 0 Å². The van der Waals surface area contributed by atoms with E-state index in [0.29, 0.717) is 12.1 Å². The molecule has 2 aliphatic carbocycles. The third kappa shape index (κ3) is 2.71. The van der Waals surface area contributed by atoms with Crippen LogP contribution in [0.25, 0.3) is 0 Å². The Morgan fingerprint density at radius 3 is 2.64 bits per heavy atom. The number of aromatic hydroxyl groups is 1. The second-order valence-corrected chi connectivity index (χ2v) is 9.04. The fourth-order valence-corrected chi connectivity index (χ4v) is 5.46. The molecule has 2 aromatic rings. The predicted molar refractivity (Wildman–Crippen MR) is 105 cm³/mol. The van der Waals surface area contributed by atoms with Gasteiger partial charge in [-0.15, -0.1) is 0 Å². The van der Waals surface area contributed by atoms with Gasteiger partial charge in [0.25, 0.3) is 11.8 Å². The highest BCUT2D eigenvalue weighted by Gasteiger charge is 2.72. The monoisotopic (exact) mass is 461 g/mol. The van der Waals surface area contributed by atoms with Crippen molar-refractivity contribution in [2.75, 3.05) is 0 Å². The Balaban J connectivity index is 1.29. The van der Waals surface area contributed by atoms with E-state index in [2.05, 4.69) is 5.32 Å².